The highest BCUT2D eigenvalue weighted by Gasteiger charge is 2.25. The predicted molar refractivity (Wildman–Crippen MR) is 100 cm³/mol. The lowest BCUT2D eigenvalue weighted by atomic mass is 10.1. The number of nitrogens with one attached hydrogen (secondary N) is 1. The highest BCUT2D eigenvalue weighted by molar-refractivity contribution is 5.80. The summed E-state index contributed by atoms with van der Waals surface area (Å²) in [6.45, 7) is 14.2. The number of likely N-dealkylation sites (tertiary alicyclic amines) is 1. The second kappa shape index (κ2) is 10.4. The molecule has 1 N–H and O–H groups in total. The van der Waals surface area contributed by atoms with Crippen LogP contribution in [0.4, 0.5) is 0 Å². The van der Waals surface area contributed by atoms with Crippen molar-refractivity contribution in [1.82, 2.24) is 15.1 Å². The average Bonchev–Trinajstić information content (AvgIpc) is 3.27. The minimum atomic E-state index is 0.753. The molecule has 136 valence electrons. The van der Waals surface area contributed by atoms with Gasteiger partial charge in [-0.3, -0.25) is 4.99 Å². The van der Waals surface area contributed by atoms with Crippen molar-refractivity contribution in [3.63, 3.8) is 0 Å². The van der Waals surface area contributed by atoms with Crippen molar-refractivity contribution in [3.8, 4) is 0 Å². The molecule has 1 unspecified atom stereocenters. The summed E-state index contributed by atoms with van der Waals surface area (Å²) in [6, 6.07) is 3.97. The Hall–Kier alpha value is -1.49. The first-order chi connectivity index (χ1) is 11.8. The van der Waals surface area contributed by atoms with Gasteiger partial charge in [-0.05, 0) is 44.0 Å². The molecule has 1 aromatic rings. The molecule has 0 amide bonds. The van der Waals surface area contributed by atoms with E-state index >= 15 is 0 Å². The topological polar surface area (TPSA) is 44.0 Å². The zero-order valence-corrected chi connectivity index (χ0v) is 15.6. The molecule has 24 heavy (non-hydrogen) atoms. The zero-order chi connectivity index (χ0) is 17.2. The molecule has 2 heterocycles. The van der Waals surface area contributed by atoms with E-state index in [4.69, 9.17) is 9.41 Å². The summed E-state index contributed by atoms with van der Waals surface area (Å²) in [7, 11) is 0. The van der Waals surface area contributed by atoms with Crippen LogP contribution in [0.3, 0.4) is 0 Å². The second-order valence-electron chi connectivity index (χ2n) is 6.55. The smallest absolute Gasteiger partial charge is 0.193 e. The minimum Gasteiger partial charge on any atom is -0.469 e. The van der Waals surface area contributed by atoms with Crippen LogP contribution in [0.5, 0.6) is 0 Å². The molecule has 0 aromatic carbocycles. The van der Waals surface area contributed by atoms with Gasteiger partial charge in [-0.25, -0.2) is 0 Å². The monoisotopic (exact) mass is 334 g/mol. The number of furan rings is 1. The Labute approximate surface area is 147 Å². The highest BCUT2D eigenvalue weighted by atomic mass is 16.3. The molecule has 1 saturated heterocycles. The van der Waals surface area contributed by atoms with Crippen LogP contribution in [0.15, 0.2) is 27.8 Å². The van der Waals surface area contributed by atoms with Gasteiger partial charge in [-0.15, -0.1) is 0 Å². The molecule has 1 fully saturated rings. The Kier molecular flexibility index (Phi) is 8.16. The Morgan fingerprint density at radius 3 is 2.88 bits per heavy atom. The van der Waals surface area contributed by atoms with Crippen molar-refractivity contribution in [2.24, 2.45) is 10.9 Å². The third-order valence-electron chi connectivity index (χ3n) is 4.72. The first kappa shape index (κ1) is 18.8. The number of guanidine groups is 1. The van der Waals surface area contributed by atoms with Crippen molar-refractivity contribution < 1.29 is 4.42 Å². The number of nitrogens with zero attached hydrogens (tertiary/aromatic N) is 3. The van der Waals surface area contributed by atoms with Gasteiger partial charge in [0.25, 0.3) is 0 Å². The van der Waals surface area contributed by atoms with Crippen LogP contribution < -0.4 is 5.32 Å². The number of rotatable bonds is 9. The van der Waals surface area contributed by atoms with Gasteiger partial charge in [-0.2, -0.15) is 0 Å². The van der Waals surface area contributed by atoms with E-state index in [-0.39, 0.29) is 0 Å². The van der Waals surface area contributed by atoms with Crippen LogP contribution >= 0.6 is 0 Å². The summed E-state index contributed by atoms with van der Waals surface area (Å²) in [5.41, 5.74) is 0. The van der Waals surface area contributed by atoms with Crippen LogP contribution in [-0.4, -0.2) is 61.6 Å². The van der Waals surface area contributed by atoms with Crippen molar-refractivity contribution in [2.45, 2.75) is 40.0 Å². The number of hydrogen-bond donors (Lipinski definition) is 1. The SMILES string of the molecule is CCCN=C(NCCc1ccco1)N1CCC(CN(CC)CC)C1. The van der Waals surface area contributed by atoms with Crippen molar-refractivity contribution in [1.29, 1.82) is 0 Å². The van der Waals surface area contributed by atoms with E-state index in [1.807, 2.05) is 12.1 Å². The molecular weight excluding hydrogens is 300 g/mol. The Bertz CT molecular complexity index is 468. The average molecular weight is 335 g/mol. The molecule has 1 aliphatic heterocycles. The first-order valence-corrected chi connectivity index (χ1v) is 9.54. The number of hydrogen-bond acceptors (Lipinski definition) is 3. The molecule has 5 nitrogen and oxygen atoms in total. The molecule has 0 saturated carbocycles. The molecule has 2 rings (SSSR count). The standard InChI is InChI=1S/C19H34N4O/c1-4-11-20-19(21-12-9-18-8-7-14-24-18)23-13-10-17(16-23)15-22(5-2)6-3/h7-8,14,17H,4-6,9-13,15-16H2,1-3H3,(H,20,21). The summed E-state index contributed by atoms with van der Waals surface area (Å²) in [6.07, 6.45) is 4.98. The third-order valence-corrected chi connectivity index (χ3v) is 4.72. The molecule has 1 aliphatic rings. The van der Waals surface area contributed by atoms with Crippen LogP contribution in [0, 0.1) is 5.92 Å². The fraction of sp³-hybridized carbons (Fsp3) is 0.737. The lowest BCUT2D eigenvalue weighted by molar-refractivity contribution is 0.255. The quantitative estimate of drug-likeness (QED) is 0.557. The van der Waals surface area contributed by atoms with Gasteiger partial charge in [0, 0.05) is 39.1 Å². The van der Waals surface area contributed by atoms with E-state index in [1.54, 1.807) is 6.26 Å². The third kappa shape index (κ3) is 5.86. The first-order valence-electron chi connectivity index (χ1n) is 9.54. The highest BCUT2D eigenvalue weighted by Crippen LogP contribution is 2.17. The van der Waals surface area contributed by atoms with Crippen LogP contribution in [0.25, 0.3) is 0 Å². The maximum absolute atomic E-state index is 5.41. The maximum atomic E-state index is 5.41. The molecule has 1 aromatic heterocycles. The maximum Gasteiger partial charge on any atom is 0.193 e. The summed E-state index contributed by atoms with van der Waals surface area (Å²) >= 11 is 0. The zero-order valence-electron chi connectivity index (χ0n) is 15.6. The molecule has 0 spiro atoms. The van der Waals surface area contributed by atoms with Crippen LogP contribution in [0.2, 0.25) is 0 Å². The van der Waals surface area contributed by atoms with Crippen LogP contribution in [-0.2, 0) is 6.42 Å². The van der Waals surface area contributed by atoms with E-state index in [0.717, 1.165) is 69.7 Å². The van der Waals surface area contributed by atoms with Gasteiger partial charge < -0.3 is 19.5 Å². The van der Waals surface area contributed by atoms with Gasteiger partial charge >= 0.3 is 0 Å². The summed E-state index contributed by atoms with van der Waals surface area (Å²) in [5, 5.41) is 3.54. The Morgan fingerprint density at radius 2 is 2.21 bits per heavy atom. The van der Waals surface area contributed by atoms with Crippen LogP contribution in [0.1, 0.15) is 39.4 Å². The summed E-state index contributed by atoms with van der Waals surface area (Å²) in [5.74, 6) is 2.85. The summed E-state index contributed by atoms with van der Waals surface area (Å²) < 4.78 is 5.41. The molecule has 0 bridgehead atoms. The normalized spacial score (nSPS) is 18.6. The predicted octanol–water partition coefficient (Wildman–Crippen LogP) is 2.84. The number of aliphatic imine (C=N–C) groups is 1. The van der Waals surface area contributed by atoms with Gasteiger partial charge in [0.05, 0.1) is 6.26 Å². The summed E-state index contributed by atoms with van der Waals surface area (Å²) in [4.78, 5) is 9.75. The lowest BCUT2D eigenvalue weighted by Crippen LogP contribution is -2.41. The fourth-order valence-corrected chi connectivity index (χ4v) is 3.26. The molecule has 0 aliphatic carbocycles. The molecule has 5 heteroatoms. The van der Waals surface area contributed by atoms with Crippen molar-refractivity contribution in [2.75, 3.05) is 45.8 Å². The molecule has 0 radical (unpaired) electrons. The molecular formula is C19H34N4O. The molecule has 1 atom stereocenters. The van der Waals surface area contributed by atoms with E-state index < -0.39 is 0 Å². The van der Waals surface area contributed by atoms with Gasteiger partial charge in [0.15, 0.2) is 5.96 Å². The van der Waals surface area contributed by atoms with E-state index in [0.29, 0.717) is 0 Å². The van der Waals surface area contributed by atoms with E-state index in [9.17, 15) is 0 Å². The minimum absolute atomic E-state index is 0.753. The Balaban J connectivity index is 1.83. The van der Waals surface area contributed by atoms with Gasteiger partial charge in [0.2, 0.25) is 0 Å². The second-order valence-corrected chi connectivity index (χ2v) is 6.55. The van der Waals surface area contributed by atoms with Gasteiger partial charge in [0.1, 0.15) is 5.76 Å². The van der Waals surface area contributed by atoms with Crippen molar-refractivity contribution in [3.05, 3.63) is 24.2 Å². The van der Waals surface area contributed by atoms with E-state index in [1.165, 1.54) is 13.0 Å². The van der Waals surface area contributed by atoms with E-state index in [2.05, 4.69) is 35.9 Å². The van der Waals surface area contributed by atoms with Crippen molar-refractivity contribution >= 4 is 5.96 Å². The fourth-order valence-electron chi connectivity index (χ4n) is 3.26. The Morgan fingerprint density at radius 1 is 1.38 bits per heavy atom. The largest absolute Gasteiger partial charge is 0.469 e. The van der Waals surface area contributed by atoms with Gasteiger partial charge in [-0.1, -0.05) is 20.8 Å². The lowest BCUT2D eigenvalue weighted by Gasteiger charge is -2.24.